The highest BCUT2D eigenvalue weighted by Gasteiger charge is 2.18. The number of rotatable bonds is 7. The average molecular weight is 383 g/mol. The number of nitrogens with zero attached hydrogens (tertiary/aromatic N) is 2. The van der Waals surface area contributed by atoms with Crippen molar-refractivity contribution >= 4 is 5.91 Å². The number of ether oxygens (including phenoxy) is 2. The molecule has 0 aliphatic carbocycles. The summed E-state index contributed by atoms with van der Waals surface area (Å²) in [5.74, 6) is 0.637. The number of halogens is 1. The SMILES string of the molecule is CCn1nc(C(=O)NCc2cccc(F)c2)cc1-c1ccc(OC)cc1OC. The van der Waals surface area contributed by atoms with Crippen LogP contribution in [0.25, 0.3) is 11.3 Å². The molecule has 0 aliphatic rings. The van der Waals surface area contributed by atoms with Crippen LogP contribution in [0.2, 0.25) is 0 Å². The average Bonchev–Trinajstić information content (AvgIpc) is 3.15. The second-order valence-electron chi connectivity index (χ2n) is 6.11. The molecule has 1 aromatic heterocycles. The number of hydrogen-bond acceptors (Lipinski definition) is 4. The molecule has 1 heterocycles. The lowest BCUT2D eigenvalue weighted by molar-refractivity contribution is 0.0945. The Bertz CT molecular complexity index is 985. The molecule has 1 N–H and O–H groups in total. The lowest BCUT2D eigenvalue weighted by Crippen LogP contribution is -2.23. The maximum absolute atomic E-state index is 13.3. The Morgan fingerprint density at radius 2 is 1.96 bits per heavy atom. The molecule has 7 heteroatoms. The van der Waals surface area contributed by atoms with Crippen molar-refractivity contribution < 1.29 is 18.7 Å². The third-order valence-electron chi connectivity index (χ3n) is 4.34. The molecule has 0 spiro atoms. The smallest absolute Gasteiger partial charge is 0.272 e. The molecule has 0 saturated carbocycles. The van der Waals surface area contributed by atoms with Gasteiger partial charge in [-0.3, -0.25) is 9.48 Å². The van der Waals surface area contributed by atoms with Gasteiger partial charge in [0.05, 0.1) is 19.9 Å². The summed E-state index contributed by atoms with van der Waals surface area (Å²) >= 11 is 0. The first-order chi connectivity index (χ1) is 13.5. The predicted octanol–water partition coefficient (Wildman–Crippen LogP) is 3.66. The second kappa shape index (κ2) is 8.56. The largest absolute Gasteiger partial charge is 0.497 e. The van der Waals surface area contributed by atoms with Crippen molar-refractivity contribution in [2.75, 3.05) is 14.2 Å². The van der Waals surface area contributed by atoms with Gasteiger partial charge in [0.1, 0.15) is 17.3 Å². The molecule has 0 unspecified atom stereocenters. The minimum absolute atomic E-state index is 0.219. The van der Waals surface area contributed by atoms with Gasteiger partial charge >= 0.3 is 0 Å². The maximum Gasteiger partial charge on any atom is 0.272 e. The number of methoxy groups -OCH3 is 2. The third kappa shape index (κ3) is 4.14. The van der Waals surface area contributed by atoms with E-state index in [0.717, 1.165) is 11.3 Å². The topological polar surface area (TPSA) is 65.4 Å². The van der Waals surface area contributed by atoms with Gasteiger partial charge in [-0.2, -0.15) is 5.10 Å². The number of aromatic nitrogens is 2. The Hall–Kier alpha value is -3.35. The van der Waals surface area contributed by atoms with Gasteiger partial charge in [0.2, 0.25) is 0 Å². The number of benzene rings is 2. The number of amides is 1. The van der Waals surface area contributed by atoms with Crippen molar-refractivity contribution in [1.82, 2.24) is 15.1 Å². The monoisotopic (exact) mass is 383 g/mol. The van der Waals surface area contributed by atoms with E-state index in [0.29, 0.717) is 23.6 Å². The van der Waals surface area contributed by atoms with Gasteiger partial charge in [0.25, 0.3) is 5.91 Å². The lowest BCUT2D eigenvalue weighted by Gasteiger charge is -2.11. The zero-order chi connectivity index (χ0) is 20.1. The first kappa shape index (κ1) is 19.4. The van der Waals surface area contributed by atoms with Gasteiger partial charge in [0.15, 0.2) is 5.69 Å². The standard InChI is InChI=1S/C21H22FN3O3/c1-4-25-19(17-9-8-16(27-2)11-20(17)28-3)12-18(24-25)21(26)23-13-14-6-5-7-15(22)10-14/h5-12H,4,13H2,1-3H3,(H,23,26). The van der Waals surface area contributed by atoms with Crippen LogP contribution in [0.3, 0.4) is 0 Å². The summed E-state index contributed by atoms with van der Waals surface area (Å²) in [5, 5.41) is 7.17. The Morgan fingerprint density at radius 1 is 1.14 bits per heavy atom. The molecule has 0 radical (unpaired) electrons. The van der Waals surface area contributed by atoms with Crippen molar-refractivity contribution in [3.63, 3.8) is 0 Å². The van der Waals surface area contributed by atoms with Crippen LogP contribution >= 0.6 is 0 Å². The van der Waals surface area contributed by atoms with Crippen LogP contribution in [0.1, 0.15) is 23.0 Å². The summed E-state index contributed by atoms with van der Waals surface area (Å²) in [6.07, 6.45) is 0. The van der Waals surface area contributed by atoms with E-state index in [1.54, 1.807) is 43.2 Å². The van der Waals surface area contributed by atoms with Crippen LogP contribution in [0.4, 0.5) is 4.39 Å². The Labute approximate surface area is 162 Å². The van der Waals surface area contributed by atoms with Gasteiger partial charge in [-0.25, -0.2) is 4.39 Å². The highest BCUT2D eigenvalue weighted by atomic mass is 19.1. The number of aryl methyl sites for hydroxylation is 1. The number of nitrogens with one attached hydrogen (secondary N) is 1. The van der Waals surface area contributed by atoms with Gasteiger partial charge in [0, 0.05) is 24.7 Å². The maximum atomic E-state index is 13.3. The first-order valence-corrected chi connectivity index (χ1v) is 8.88. The van der Waals surface area contributed by atoms with E-state index >= 15 is 0 Å². The molecule has 0 atom stereocenters. The highest BCUT2D eigenvalue weighted by Crippen LogP contribution is 2.33. The van der Waals surface area contributed by atoms with E-state index in [2.05, 4.69) is 10.4 Å². The fourth-order valence-corrected chi connectivity index (χ4v) is 2.92. The van der Waals surface area contributed by atoms with E-state index in [1.165, 1.54) is 12.1 Å². The van der Waals surface area contributed by atoms with E-state index in [1.807, 2.05) is 19.1 Å². The molecular weight excluding hydrogens is 361 g/mol. The van der Waals surface area contributed by atoms with Crippen LogP contribution in [-0.4, -0.2) is 29.9 Å². The third-order valence-corrected chi connectivity index (χ3v) is 4.34. The van der Waals surface area contributed by atoms with Crippen molar-refractivity contribution in [1.29, 1.82) is 0 Å². The molecule has 28 heavy (non-hydrogen) atoms. The fraction of sp³-hybridized carbons (Fsp3) is 0.238. The van der Waals surface area contributed by atoms with Crippen LogP contribution in [0, 0.1) is 5.82 Å². The molecule has 6 nitrogen and oxygen atoms in total. The second-order valence-corrected chi connectivity index (χ2v) is 6.11. The molecule has 0 bridgehead atoms. The predicted molar refractivity (Wildman–Crippen MR) is 104 cm³/mol. The number of carbonyl (C=O) groups is 1. The molecule has 3 rings (SSSR count). The minimum Gasteiger partial charge on any atom is -0.497 e. The Morgan fingerprint density at radius 3 is 2.64 bits per heavy atom. The van der Waals surface area contributed by atoms with Crippen molar-refractivity contribution in [3.8, 4) is 22.8 Å². The lowest BCUT2D eigenvalue weighted by atomic mass is 10.1. The van der Waals surface area contributed by atoms with Gasteiger partial charge in [-0.1, -0.05) is 12.1 Å². The Balaban J connectivity index is 1.85. The molecule has 0 aliphatic heterocycles. The summed E-state index contributed by atoms with van der Waals surface area (Å²) < 4.78 is 25.7. The summed E-state index contributed by atoms with van der Waals surface area (Å²) in [7, 11) is 3.17. The number of carbonyl (C=O) groups excluding carboxylic acids is 1. The van der Waals surface area contributed by atoms with Gasteiger partial charge in [-0.15, -0.1) is 0 Å². The normalized spacial score (nSPS) is 10.6. The molecular formula is C21H22FN3O3. The van der Waals surface area contributed by atoms with Crippen LogP contribution in [0.5, 0.6) is 11.5 Å². The highest BCUT2D eigenvalue weighted by molar-refractivity contribution is 5.93. The van der Waals surface area contributed by atoms with E-state index in [4.69, 9.17) is 9.47 Å². The molecule has 1 amide bonds. The zero-order valence-corrected chi connectivity index (χ0v) is 16.0. The molecule has 3 aromatic rings. The van der Waals surface area contributed by atoms with Gasteiger partial charge < -0.3 is 14.8 Å². The number of hydrogen-bond donors (Lipinski definition) is 1. The van der Waals surface area contributed by atoms with Gasteiger partial charge in [-0.05, 0) is 42.8 Å². The van der Waals surface area contributed by atoms with Crippen molar-refractivity contribution in [2.24, 2.45) is 0 Å². The van der Waals surface area contributed by atoms with Crippen LogP contribution in [-0.2, 0) is 13.1 Å². The molecule has 0 fully saturated rings. The molecule has 146 valence electrons. The summed E-state index contributed by atoms with van der Waals surface area (Å²) in [6, 6.07) is 13.3. The van der Waals surface area contributed by atoms with Crippen LogP contribution < -0.4 is 14.8 Å². The summed E-state index contributed by atoms with van der Waals surface area (Å²) in [4.78, 5) is 12.5. The quantitative estimate of drug-likeness (QED) is 0.676. The molecule has 2 aromatic carbocycles. The summed E-state index contributed by atoms with van der Waals surface area (Å²) in [5.41, 5.74) is 2.53. The minimum atomic E-state index is -0.337. The van der Waals surface area contributed by atoms with E-state index < -0.39 is 0 Å². The fourth-order valence-electron chi connectivity index (χ4n) is 2.92. The van der Waals surface area contributed by atoms with Crippen molar-refractivity contribution in [3.05, 3.63) is 65.6 Å². The van der Waals surface area contributed by atoms with E-state index in [-0.39, 0.29) is 24.0 Å². The van der Waals surface area contributed by atoms with Crippen molar-refractivity contribution in [2.45, 2.75) is 20.0 Å². The zero-order valence-electron chi connectivity index (χ0n) is 16.0. The van der Waals surface area contributed by atoms with E-state index in [9.17, 15) is 9.18 Å². The molecule has 0 saturated heterocycles. The van der Waals surface area contributed by atoms with Crippen LogP contribution in [0.15, 0.2) is 48.5 Å². The Kier molecular flexibility index (Phi) is 5.93. The summed E-state index contributed by atoms with van der Waals surface area (Å²) in [6.45, 7) is 2.75. The first-order valence-electron chi connectivity index (χ1n) is 8.88.